The minimum atomic E-state index is -0.345. The van der Waals surface area contributed by atoms with Crippen LogP contribution in [0.1, 0.15) is 12.0 Å². The third-order valence-corrected chi connectivity index (χ3v) is 3.98. The Morgan fingerprint density at radius 1 is 1.18 bits per heavy atom. The van der Waals surface area contributed by atoms with Gasteiger partial charge in [0.25, 0.3) is 0 Å². The maximum Gasteiger partial charge on any atom is 0.141 e. The third-order valence-electron chi connectivity index (χ3n) is 3.00. The van der Waals surface area contributed by atoms with Gasteiger partial charge in [0.2, 0.25) is 0 Å². The van der Waals surface area contributed by atoms with Crippen LogP contribution in [0.5, 0.6) is 0 Å². The maximum atomic E-state index is 13.8. The van der Waals surface area contributed by atoms with E-state index in [0.29, 0.717) is 10.1 Å². The number of thiophene rings is 1. The quantitative estimate of drug-likeness (QED) is 0.817. The normalized spacial score (nSPS) is 16.2. The first kappa shape index (κ1) is 10.9. The summed E-state index contributed by atoms with van der Waals surface area (Å²) in [4.78, 5) is 0. The lowest BCUT2D eigenvalue weighted by atomic mass is 10.0. The first-order chi connectivity index (χ1) is 8.27. The topological polar surface area (TPSA) is 12.0 Å². The molecule has 4 heteroatoms. The van der Waals surface area contributed by atoms with Crippen LogP contribution in [0.25, 0.3) is 15.7 Å². The van der Waals surface area contributed by atoms with E-state index in [0.717, 1.165) is 30.6 Å². The highest BCUT2D eigenvalue weighted by Crippen LogP contribution is 2.35. The van der Waals surface area contributed by atoms with Crippen LogP contribution in [0, 0.1) is 11.6 Å². The van der Waals surface area contributed by atoms with Gasteiger partial charge in [-0.1, -0.05) is 6.08 Å². The molecule has 2 heterocycles. The van der Waals surface area contributed by atoms with Gasteiger partial charge in [0.15, 0.2) is 0 Å². The fourth-order valence-electron chi connectivity index (χ4n) is 2.16. The summed E-state index contributed by atoms with van der Waals surface area (Å²) in [7, 11) is 0. The highest BCUT2D eigenvalue weighted by molar-refractivity contribution is 7.17. The lowest BCUT2D eigenvalue weighted by Gasteiger charge is -2.13. The first-order valence-corrected chi connectivity index (χ1v) is 6.40. The van der Waals surface area contributed by atoms with Gasteiger partial charge in [-0.25, -0.2) is 8.78 Å². The van der Waals surface area contributed by atoms with Crippen LogP contribution in [0.4, 0.5) is 8.78 Å². The second-order valence-electron chi connectivity index (χ2n) is 4.08. The highest BCUT2D eigenvalue weighted by Gasteiger charge is 2.16. The Bertz CT molecular complexity index is 601. The molecule has 1 aliphatic heterocycles. The van der Waals surface area contributed by atoms with Gasteiger partial charge in [-0.05, 0) is 36.1 Å². The van der Waals surface area contributed by atoms with E-state index >= 15 is 0 Å². The molecule has 1 aromatic carbocycles. The van der Waals surface area contributed by atoms with Gasteiger partial charge < -0.3 is 5.32 Å². The Morgan fingerprint density at radius 3 is 2.76 bits per heavy atom. The zero-order chi connectivity index (χ0) is 11.8. The van der Waals surface area contributed by atoms with E-state index in [4.69, 9.17) is 0 Å². The summed E-state index contributed by atoms with van der Waals surface area (Å²) < 4.78 is 27.8. The number of hydrogen-bond acceptors (Lipinski definition) is 2. The summed E-state index contributed by atoms with van der Waals surface area (Å²) in [6.45, 7) is 1.67. The highest BCUT2D eigenvalue weighted by atomic mass is 32.1. The molecule has 0 saturated carbocycles. The molecule has 0 bridgehead atoms. The Labute approximate surface area is 102 Å². The molecule has 0 amide bonds. The number of halogens is 2. The first-order valence-electron chi connectivity index (χ1n) is 5.52. The van der Waals surface area contributed by atoms with Crippen LogP contribution in [0.2, 0.25) is 0 Å². The molecule has 0 radical (unpaired) electrons. The summed E-state index contributed by atoms with van der Waals surface area (Å²) in [5.74, 6) is -0.689. The summed E-state index contributed by atoms with van der Waals surface area (Å²) >= 11 is 1.26. The van der Waals surface area contributed by atoms with E-state index in [1.807, 2.05) is 5.38 Å². The number of fused-ring (bicyclic) bond motifs is 1. The van der Waals surface area contributed by atoms with Crippen molar-refractivity contribution in [3.8, 4) is 0 Å². The lowest BCUT2D eigenvalue weighted by molar-refractivity contribution is 0.619. The molecule has 3 rings (SSSR count). The Kier molecular flexibility index (Phi) is 2.68. The predicted octanol–water partition coefficient (Wildman–Crippen LogP) is 3.56. The average Bonchev–Trinajstić information content (AvgIpc) is 2.81. The monoisotopic (exact) mass is 251 g/mol. The molecular formula is C13H11F2NS. The molecule has 2 aromatic rings. The van der Waals surface area contributed by atoms with Gasteiger partial charge in [-0.2, -0.15) is 0 Å². The molecule has 0 spiro atoms. The Balaban J connectivity index is 2.24. The minimum absolute atomic E-state index is 0.343. The molecule has 0 fully saturated rings. The summed E-state index contributed by atoms with van der Waals surface area (Å²) in [6, 6.07) is 2.39. The Hall–Kier alpha value is -1.26. The van der Waals surface area contributed by atoms with Crippen molar-refractivity contribution in [1.82, 2.24) is 5.32 Å². The number of nitrogens with one attached hydrogen (secondary N) is 1. The zero-order valence-corrected chi connectivity index (χ0v) is 9.91. The van der Waals surface area contributed by atoms with Crippen molar-refractivity contribution in [3.63, 3.8) is 0 Å². The summed E-state index contributed by atoms with van der Waals surface area (Å²) in [5.41, 5.74) is 1.89. The number of benzene rings is 1. The van der Waals surface area contributed by atoms with Gasteiger partial charge in [-0.15, -0.1) is 11.3 Å². The van der Waals surface area contributed by atoms with Gasteiger partial charge in [0.1, 0.15) is 11.6 Å². The van der Waals surface area contributed by atoms with Crippen molar-refractivity contribution in [1.29, 1.82) is 0 Å². The maximum absolute atomic E-state index is 13.8. The van der Waals surface area contributed by atoms with Crippen molar-refractivity contribution >= 4 is 27.0 Å². The van der Waals surface area contributed by atoms with Crippen molar-refractivity contribution in [3.05, 3.63) is 40.8 Å². The lowest BCUT2D eigenvalue weighted by Crippen LogP contribution is -2.21. The predicted molar refractivity (Wildman–Crippen MR) is 67.2 cm³/mol. The second kappa shape index (κ2) is 4.20. The molecule has 0 atom stereocenters. The molecule has 0 aliphatic carbocycles. The number of rotatable bonds is 1. The largest absolute Gasteiger partial charge is 0.312 e. The van der Waals surface area contributed by atoms with E-state index in [9.17, 15) is 8.78 Å². The van der Waals surface area contributed by atoms with E-state index in [-0.39, 0.29) is 11.6 Å². The molecule has 1 aliphatic rings. The second-order valence-corrected chi connectivity index (χ2v) is 4.96. The van der Waals surface area contributed by atoms with E-state index in [1.165, 1.54) is 23.5 Å². The SMILES string of the molecule is Fc1ccc(F)c2c(C3=CCCNC3)csc12. The van der Waals surface area contributed by atoms with Gasteiger partial charge in [0, 0.05) is 17.5 Å². The van der Waals surface area contributed by atoms with E-state index in [1.54, 1.807) is 0 Å². The van der Waals surface area contributed by atoms with E-state index < -0.39 is 0 Å². The van der Waals surface area contributed by atoms with Gasteiger partial charge in [-0.3, -0.25) is 0 Å². The van der Waals surface area contributed by atoms with Crippen molar-refractivity contribution < 1.29 is 8.78 Å². The van der Waals surface area contributed by atoms with Gasteiger partial charge >= 0.3 is 0 Å². The standard InChI is InChI=1S/C13H11F2NS/c14-10-3-4-11(15)13-12(10)9(7-17-13)8-2-1-5-16-6-8/h2-4,7,16H,1,5-6H2. The Morgan fingerprint density at radius 2 is 2.00 bits per heavy atom. The van der Waals surface area contributed by atoms with Crippen LogP contribution in [0.15, 0.2) is 23.6 Å². The zero-order valence-electron chi connectivity index (χ0n) is 9.09. The molecule has 88 valence electrons. The summed E-state index contributed by atoms with van der Waals surface area (Å²) in [6.07, 6.45) is 3.03. The fraction of sp³-hybridized carbons (Fsp3) is 0.231. The van der Waals surface area contributed by atoms with Gasteiger partial charge in [0.05, 0.1) is 4.70 Å². The fourth-order valence-corrected chi connectivity index (χ4v) is 3.17. The molecule has 1 aromatic heterocycles. The van der Waals surface area contributed by atoms with Crippen LogP contribution in [-0.2, 0) is 0 Å². The number of hydrogen-bond donors (Lipinski definition) is 1. The molecule has 1 nitrogen and oxygen atoms in total. The van der Waals surface area contributed by atoms with Crippen LogP contribution in [-0.4, -0.2) is 13.1 Å². The van der Waals surface area contributed by atoms with Crippen molar-refractivity contribution in [2.24, 2.45) is 0 Å². The average molecular weight is 251 g/mol. The van der Waals surface area contributed by atoms with E-state index in [2.05, 4.69) is 11.4 Å². The van der Waals surface area contributed by atoms with Crippen molar-refractivity contribution in [2.45, 2.75) is 6.42 Å². The molecule has 0 unspecified atom stereocenters. The summed E-state index contributed by atoms with van der Waals surface area (Å²) in [5, 5.41) is 5.51. The van der Waals surface area contributed by atoms with Crippen LogP contribution < -0.4 is 5.32 Å². The third kappa shape index (κ3) is 1.77. The van der Waals surface area contributed by atoms with Crippen LogP contribution in [0.3, 0.4) is 0 Å². The molecule has 17 heavy (non-hydrogen) atoms. The van der Waals surface area contributed by atoms with Crippen LogP contribution >= 0.6 is 11.3 Å². The molecular weight excluding hydrogens is 240 g/mol. The minimum Gasteiger partial charge on any atom is -0.312 e. The smallest absolute Gasteiger partial charge is 0.141 e. The molecule has 1 N–H and O–H groups in total. The van der Waals surface area contributed by atoms with Crippen molar-refractivity contribution in [2.75, 3.05) is 13.1 Å². The molecule has 0 saturated heterocycles.